The molecule has 1 aromatic heterocycles. The third-order valence-electron chi connectivity index (χ3n) is 3.17. The Bertz CT molecular complexity index is 705. The van der Waals surface area contributed by atoms with Gasteiger partial charge in [0.05, 0.1) is 6.04 Å². The fourth-order valence-electron chi connectivity index (χ4n) is 2.21. The molecule has 0 spiro atoms. The smallest absolute Gasteiger partial charge is 0.0589 e. The first-order valence-corrected chi connectivity index (χ1v) is 7.89. The summed E-state index contributed by atoms with van der Waals surface area (Å²) in [5, 5.41) is 8.21. The van der Waals surface area contributed by atoms with E-state index >= 15 is 0 Å². The monoisotopic (exact) mass is 331 g/mol. The van der Waals surface area contributed by atoms with Crippen molar-refractivity contribution in [1.29, 1.82) is 0 Å². The van der Waals surface area contributed by atoms with Crippen LogP contribution in [0.3, 0.4) is 0 Å². The Morgan fingerprint density at radius 1 is 1.05 bits per heavy atom. The van der Waals surface area contributed by atoms with Crippen molar-refractivity contribution in [2.75, 3.05) is 5.32 Å². The van der Waals surface area contributed by atoms with Gasteiger partial charge in [-0.2, -0.15) is 0 Å². The molecule has 0 radical (unpaired) electrons. The molecular weight excluding hydrogens is 318 g/mol. The fraction of sp³-hybridized carbons (Fsp3) is 0.125. The minimum Gasteiger partial charge on any atom is -0.378 e. The summed E-state index contributed by atoms with van der Waals surface area (Å²) >= 11 is 5.36. The van der Waals surface area contributed by atoms with Crippen molar-refractivity contribution < 1.29 is 0 Å². The van der Waals surface area contributed by atoms with E-state index in [-0.39, 0.29) is 0 Å². The Morgan fingerprint density at radius 2 is 1.84 bits per heavy atom. The highest BCUT2D eigenvalue weighted by molar-refractivity contribution is 9.10. The van der Waals surface area contributed by atoms with Crippen LogP contribution in [0, 0.1) is 0 Å². The molecule has 0 aliphatic heterocycles. The summed E-state index contributed by atoms with van der Waals surface area (Å²) < 4.78 is 1.18. The molecule has 0 saturated heterocycles. The minimum absolute atomic E-state index is 0.301. The SMILES string of the molecule is CC(Nc1ccc2ccccc2c1)c1sccc1Br. The number of anilines is 1. The molecule has 3 heteroatoms. The van der Waals surface area contributed by atoms with Gasteiger partial charge in [0.2, 0.25) is 0 Å². The number of hydrogen-bond acceptors (Lipinski definition) is 2. The van der Waals surface area contributed by atoms with Gasteiger partial charge in [0.25, 0.3) is 0 Å². The van der Waals surface area contributed by atoms with Crippen LogP contribution in [0.5, 0.6) is 0 Å². The summed E-state index contributed by atoms with van der Waals surface area (Å²) in [4.78, 5) is 1.33. The van der Waals surface area contributed by atoms with Crippen LogP contribution in [-0.4, -0.2) is 0 Å². The number of hydrogen-bond donors (Lipinski definition) is 1. The molecule has 0 amide bonds. The Labute approximate surface area is 125 Å². The second-order valence-electron chi connectivity index (χ2n) is 4.56. The summed E-state index contributed by atoms with van der Waals surface area (Å²) in [5.41, 5.74) is 1.16. The van der Waals surface area contributed by atoms with Crippen molar-refractivity contribution in [1.82, 2.24) is 0 Å². The summed E-state index contributed by atoms with van der Waals surface area (Å²) in [7, 11) is 0. The van der Waals surface area contributed by atoms with E-state index in [0.717, 1.165) is 5.69 Å². The van der Waals surface area contributed by atoms with Gasteiger partial charge in [-0.25, -0.2) is 0 Å². The Morgan fingerprint density at radius 3 is 2.58 bits per heavy atom. The van der Waals surface area contributed by atoms with Crippen molar-refractivity contribution in [3.8, 4) is 0 Å². The van der Waals surface area contributed by atoms with Crippen LogP contribution in [-0.2, 0) is 0 Å². The Hall–Kier alpha value is -1.32. The highest BCUT2D eigenvalue weighted by atomic mass is 79.9. The molecule has 96 valence electrons. The molecule has 1 atom stereocenters. The summed E-state index contributed by atoms with van der Waals surface area (Å²) in [6.07, 6.45) is 0. The average Bonchev–Trinajstić information content (AvgIpc) is 2.85. The van der Waals surface area contributed by atoms with E-state index in [1.54, 1.807) is 11.3 Å². The normalized spacial score (nSPS) is 12.5. The number of thiophene rings is 1. The van der Waals surface area contributed by atoms with Crippen molar-refractivity contribution >= 4 is 43.7 Å². The number of fused-ring (bicyclic) bond motifs is 1. The zero-order valence-corrected chi connectivity index (χ0v) is 13.0. The second-order valence-corrected chi connectivity index (χ2v) is 6.36. The summed E-state index contributed by atoms with van der Waals surface area (Å²) in [6, 6.07) is 17.3. The number of rotatable bonds is 3. The molecule has 0 fully saturated rings. The quantitative estimate of drug-likeness (QED) is 0.635. The van der Waals surface area contributed by atoms with Crippen molar-refractivity contribution in [3.05, 3.63) is 63.3 Å². The number of halogens is 1. The second kappa shape index (κ2) is 5.35. The van der Waals surface area contributed by atoms with Crippen LogP contribution in [0.2, 0.25) is 0 Å². The van der Waals surface area contributed by atoms with Gasteiger partial charge in [-0.1, -0.05) is 30.3 Å². The van der Waals surface area contributed by atoms with Crippen molar-refractivity contribution in [2.24, 2.45) is 0 Å². The van der Waals surface area contributed by atoms with Gasteiger partial charge in [-0.15, -0.1) is 11.3 Å². The third-order valence-corrected chi connectivity index (χ3v) is 5.22. The molecule has 0 bridgehead atoms. The van der Waals surface area contributed by atoms with Gasteiger partial charge in [-0.05, 0) is 57.2 Å². The van der Waals surface area contributed by atoms with E-state index in [4.69, 9.17) is 0 Å². The number of benzene rings is 2. The maximum atomic E-state index is 3.59. The van der Waals surface area contributed by atoms with Crippen LogP contribution >= 0.6 is 27.3 Å². The summed E-state index contributed by atoms with van der Waals surface area (Å²) in [6.45, 7) is 2.19. The van der Waals surface area contributed by atoms with Gasteiger partial charge in [0.15, 0.2) is 0 Å². The predicted molar refractivity (Wildman–Crippen MR) is 88.0 cm³/mol. The first kappa shape index (κ1) is 12.7. The topological polar surface area (TPSA) is 12.0 Å². The van der Waals surface area contributed by atoms with Crippen LogP contribution in [0.25, 0.3) is 10.8 Å². The highest BCUT2D eigenvalue weighted by Gasteiger charge is 2.10. The first-order chi connectivity index (χ1) is 9.24. The van der Waals surface area contributed by atoms with Gasteiger partial charge < -0.3 is 5.32 Å². The Balaban J connectivity index is 1.87. The third kappa shape index (κ3) is 2.67. The van der Waals surface area contributed by atoms with Crippen molar-refractivity contribution in [2.45, 2.75) is 13.0 Å². The van der Waals surface area contributed by atoms with E-state index in [2.05, 4.69) is 82.1 Å². The average molecular weight is 332 g/mol. The van der Waals surface area contributed by atoms with E-state index in [1.807, 2.05) is 0 Å². The molecule has 1 heterocycles. The zero-order chi connectivity index (χ0) is 13.2. The largest absolute Gasteiger partial charge is 0.378 e. The summed E-state index contributed by atoms with van der Waals surface area (Å²) in [5.74, 6) is 0. The molecule has 0 saturated carbocycles. The lowest BCUT2D eigenvalue weighted by Gasteiger charge is -2.15. The maximum Gasteiger partial charge on any atom is 0.0589 e. The molecule has 19 heavy (non-hydrogen) atoms. The maximum absolute atomic E-state index is 3.59. The molecule has 0 aliphatic carbocycles. The molecule has 3 aromatic rings. The molecule has 1 nitrogen and oxygen atoms in total. The van der Waals surface area contributed by atoms with Crippen LogP contribution < -0.4 is 5.32 Å². The predicted octanol–water partition coefficient (Wildman–Crippen LogP) is 5.84. The van der Waals surface area contributed by atoms with Crippen molar-refractivity contribution in [3.63, 3.8) is 0 Å². The van der Waals surface area contributed by atoms with E-state index in [9.17, 15) is 0 Å². The lowest BCUT2D eigenvalue weighted by Crippen LogP contribution is -2.05. The molecule has 1 unspecified atom stereocenters. The lowest BCUT2D eigenvalue weighted by molar-refractivity contribution is 0.904. The fourth-order valence-corrected chi connectivity index (χ4v) is 3.93. The van der Waals surface area contributed by atoms with Gasteiger partial charge in [0, 0.05) is 15.0 Å². The molecule has 0 aliphatic rings. The van der Waals surface area contributed by atoms with Gasteiger partial charge in [-0.3, -0.25) is 0 Å². The van der Waals surface area contributed by atoms with Crippen LogP contribution in [0.4, 0.5) is 5.69 Å². The van der Waals surface area contributed by atoms with Gasteiger partial charge in [0.1, 0.15) is 0 Å². The standard InChI is InChI=1S/C16H14BrNS/c1-11(16-15(17)8-9-19-16)18-14-7-6-12-4-2-3-5-13(12)10-14/h2-11,18H,1H3. The lowest BCUT2D eigenvalue weighted by atomic mass is 10.1. The van der Waals surface area contributed by atoms with Gasteiger partial charge >= 0.3 is 0 Å². The molecule has 1 N–H and O–H groups in total. The minimum atomic E-state index is 0.301. The molecular formula is C16H14BrNS. The van der Waals surface area contributed by atoms with E-state index < -0.39 is 0 Å². The first-order valence-electron chi connectivity index (χ1n) is 6.22. The van der Waals surface area contributed by atoms with Crippen LogP contribution in [0.1, 0.15) is 17.8 Å². The molecule has 3 rings (SSSR count). The van der Waals surface area contributed by atoms with E-state index in [1.165, 1.54) is 20.1 Å². The zero-order valence-electron chi connectivity index (χ0n) is 10.6. The van der Waals surface area contributed by atoms with Crippen LogP contribution in [0.15, 0.2) is 58.4 Å². The highest BCUT2D eigenvalue weighted by Crippen LogP contribution is 2.31. The van der Waals surface area contributed by atoms with E-state index in [0.29, 0.717) is 6.04 Å². The Kier molecular flexibility index (Phi) is 3.58. The number of nitrogens with one attached hydrogen (secondary N) is 1. The molecule has 2 aromatic carbocycles.